The van der Waals surface area contributed by atoms with Crippen LogP contribution in [0.2, 0.25) is 0 Å². The third-order valence-corrected chi connectivity index (χ3v) is 2.37. The van der Waals surface area contributed by atoms with E-state index in [1.165, 1.54) is 0 Å². The molecule has 0 fully saturated rings. The summed E-state index contributed by atoms with van der Waals surface area (Å²) < 4.78 is 10.4. The molecule has 0 aromatic heterocycles. The van der Waals surface area contributed by atoms with Gasteiger partial charge in [-0.1, -0.05) is 6.07 Å². The van der Waals surface area contributed by atoms with Crippen LogP contribution in [0.1, 0.15) is 19.4 Å². The van der Waals surface area contributed by atoms with Crippen molar-refractivity contribution in [3.63, 3.8) is 0 Å². The van der Waals surface area contributed by atoms with E-state index >= 15 is 0 Å². The summed E-state index contributed by atoms with van der Waals surface area (Å²) in [5, 5.41) is 8.97. The van der Waals surface area contributed by atoms with Gasteiger partial charge in [0.15, 0.2) is 11.5 Å². The molecule has 1 aromatic carbocycles. The van der Waals surface area contributed by atoms with Gasteiger partial charge >= 0.3 is 0 Å². The van der Waals surface area contributed by atoms with Crippen molar-refractivity contribution in [3.8, 4) is 17.6 Å². The predicted octanol–water partition coefficient (Wildman–Crippen LogP) is 2.22. The lowest BCUT2D eigenvalue weighted by Crippen LogP contribution is -2.13. The molecule has 0 amide bonds. The number of fused-ring (bicyclic) bond motifs is 1. The van der Waals surface area contributed by atoms with Gasteiger partial charge in [0, 0.05) is 0 Å². The summed E-state index contributed by atoms with van der Waals surface area (Å²) >= 11 is 0. The molecule has 2 rings (SSSR count). The Morgan fingerprint density at radius 3 is 2.71 bits per heavy atom. The Labute approximate surface area is 82.9 Å². The summed E-state index contributed by atoms with van der Waals surface area (Å²) in [5.74, 6) is 1.48. The number of nitriles is 1. The molecule has 3 nitrogen and oxygen atoms in total. The van der Waals surface area contributed by atoms with Crippen LogP contribution >= 0.6 is 0 Å². The zero-order chi connectivity index (χ0) is 10.2. The molecule has 1 heterocycles. The van der Waals surface area contributed by atoms with Crippen molar-refractivity contribution in [1.82, 2.24) is 0 Å². The van der Waals surface area contributed by atoms with E-state index in [9.17, 15) is 0 Å². The first-order valence-corrected chi connectivity index (χ1v) is 4.45. The lowest BCUT2D eigenvalue weighted by atomic mass is 9.86. The fourth-order valence-electron chi connectivity index (χ4n) is 1.35. The average molecular weight is 189 g/mol. The van der Waals surface area contributed by atoms with Gasteiger partial charge in [-0.15, -0.1) is 0 Å². The van der Waals surface area contributed by atoms with Gasteiger partial charge in [0.05, 0.1) is 11.5 Å². The van der Waals surface area contributed by atoms with Crippen LogP contribution in [-0.2, 0) is 5.41 Å². The molecule has 0 spiro atoms. The molecule has 0 N–H and O–H groups in total. The molecule has 0 atom stereocenters. The summed E-state index contributed by atoms with van der Waals surface area (Å²) in [5.41, 5.74) is 0.463. The molecule has 72 valence electrons. The highest BCUT2D eigenvalue weighted by Gasteiger charge is 2.23. The Morgan fingerprint density at radius 2 is 2.00 bits per heavy atom. The average Bonchev–Trinajstić information content (AvgIpc) is 2.64. The highest BCUT2D eigenvalue weighted by molar-refractivity contribution is 5.47. The highest BCUT2D eigenvalue weighted by atomic mass is 16.7. The number of ether oxygens (including phenoxy) is 2. The Morgan fingerprint density at radius 1 is 1.29 bits per heavy atom. The number of hydrogen-bond acceptors (Lipinski definition) is 3. The van der Waals surface area contributed by atoms with E-state index in [1.54, 1.807) is 0 Å². The van der Waals surface area contributed by atoms with E-state index in [0.29, 0.717) is 0 Å². The minimum absolute atomic E-state index is 0.270. The Bertz CT molecular complexity index is 404. The van der Waals surface area contributed by atoms with E-state index in [4.69, 9.17) is 14.7 Å². The topological polar surface area (TPSA) is 42.2 Å². The van der Waals surface area contributed by atoms with Crippen LogP contribution in [0.4, 0.5) is 0 Å². The molecule has 0 unspecified atom stereocenters. The lowest BCUT2D eigenvalue weighted by molar-refractivity contribution is 0.174. The van der Waals surface area contributed by atoms with Crippen molar-refractivity contribution in [2.24, 2.45) is 0 Å². The predicted molar refractivity (Wildman–Crippen MR) is 51.2 cm³/mol. The first kappa shape index (κ1) is 8.89. The summed E-state index contributed by atoms with van der Waals surface area (Å²) in [7, 11) is 0. The third-order valence-electron chi connectivity index (χ3n) is 2.37. The van der Waals surface area contributed by atoms with Crippen LogP contribution in [0.5, 0.6) is 11.5 Å². The van der Waals surface area contributed by atoms with Crippen LogP contribution in [-0.4, -0.2) is 6.79 Å². The van der Waals surface area contributed by atoms with Gasteiger partial charge in [-0.25, -0.2) is 0 Å². The standard InChI is InChI=1S/C11H11NO2/c1-11(2,6-12)8-3-4-9-10(5-8)14-7-13-9/h3-5H,7H2,1-2H3. The molecule has 0 saturated heterocycles. The van der Waals surface area contributed by atoms with Gasteiger partial charge in [-0.05, 0) is 31.5 Å². The Balaban J connectivity index is 2.44. The zero-order valence-corrected chi connectivity index (χ0v) is 8.20. The van der Waals surface area contributed by atoms with Crippen molar-refractivity contribution >= 4 is 0 Å². The number of benzene rings is 1. The molecule has 0 aliphatic carbocycles. The van der Waals surface area contributed by atoms with Gasteiger partial charge in [0.1, 0.15) is 0 Å². The van der Waals surface area contributed by atoms with Crippen molar-refractivity contribution < 1.29 is 9.47 Å². The minimum atomic E-state index is -0.485. The van der Waals surface area contributed by atoms with Crippen LogP contribution in [0.25, 0.3) is 0 Å². The Kier molecular flexibility index (Phi) is 1.85. The first-order chi connectivity index (χ1) is 6.63. The number of hydrogen-bond donors (Lipinski definition) is 0. The van der Waals surface area contributed by atoms with Crippen molar-refractivity contribution in [2.45, 2.75) is 19.3 Å². The summed E-state index contributed by atoms with van der Waals surface area (Å²) in [4.78, 5) is 0. The molecular formula is C11H11NO2. The van der Waals surface area contributed by atoms with Crippen LogP contribution < -0.4 is 9.47 Å². The normalized spacial score (nSPS) is 13.8. The highest BCUT2D eigenvalue weighted by Crippen LogP contribution is 2.35. The Hall–Kier alpha value is -1.69. The second kappa shape index (κ2) is 2.91. The summed E-state index contributed by atoms with van der Waals surface area (Å²) in [6, 6.07) is 7.86. The van der Waals surface area contributed by atoms with Crippen molar-refractivity contribution in [3.05, 3.63) is 23.8 Å². The monoisotopic (exact) mass is 189 g/mol. The van der Waals surface area contributed by atoms with Gasteiger partial charge in [0.2, 0.25) is 6.79 Å². The van der Waals surface area contributed by atoms with E-state index < -0.39 is 5.41 Å². The molecular weight excluding hydrogens is 178 g/mol. The van der Waals surface area contributed by atoms with Crippen LogP contribution in [0.15, 0.2) is 18.2 Å². The van der Waals surface area contributed by atoms with Crippen molar-refractivity contribution in [2.75, 3.05) is 6.79 Å². The summed E-state index contributed by atoms with van der Waals surface area (Å²) in [6.45, 7) is 4.03. The van der Waals surface area contributed by atoms with Gasteiger partial charge < -0.3 is 9.47 Å². The number of rotatable bonds is 1. The maximum atomic E-state index is 8.97. The SMILES string of the molecule is CC(C)(C#N)c1ccc2c(c1)OCO2. The lowest BCUT2D eigenvalue weighted by Gasteiger charge is -2.15. The van der Waals surface area contributed by atoms with Crippen molar-refractivity contribution in [1.29, 1.82) is 5.26 Å². The molecule has 14 heavy (non-hydrogen) atoms. The largest absolute Gasteiger partial charge is 0.454 e. The smallest absolute Gasteiger partial charge is 0.231 e. The van der Waals surface area contributed by atoms with E-state index in [2.05, 4.69) is 6.07 Å². The molecule has 0 radical (unpaired) electrons. The molecule has 3 heteroatoms. The third kappa shape index (κ3) is 1.29. The van der Waals surface area contributed by atoms with Gasteiger partial charge in [0.25, 0.3) is 0 Å². The van der Waals surface area contributed by atoms with Crippen LogP contribution in [0, 0.1) is 11.3 Å². The van der Waals surface area contributed by atoms with Gasteiger partial charge in [-0.3, -0.25) is 0 Å². The molecule has 0 saturated carbocycles. The minimum Gasteiger partial charge on any atom is -0.454 e. The maximum Gasteiger partial charge on any atom is 0.231 e. The fourth-order valence-corrected chi connectivity index (χ4v) is 1.35. The molecule has 1 aliphatic heterocycles. The molecule has 0 bridgehead atoms. The van der Waals surface area contributed by atoms with E-state index in [-0.39, 0.29) is 6.79 Å². The molecule has 1 aliphatic rings. The second-order valence-corrected chi connectivity index (χ2v) is 3.80. The summed E-state index contributed by atoms with van der Waals surface area (Å²) in [6.07, 6.45) is 0. The fraction of sp³-hybridized carbons (Fsp3) is 0.364. The molecule has 1 aromatic rings. The van der Waals surface area contributed by atoms with E-state index in [0.717, 1.165) is 17.1 Å². The number of nitrogens with zero attached hydrogens (tertiary/aromatic N) is 1. The maximum absolute atomic E-state index is 8.97. The quantitative estimate of drug-likeness (QED) is 0.680. The second-order valence-electron chi connectivity index (χ2n) is 3.80. The first-order valence-electron chi connectivity index (χ1n) is 4.45. The zero-order valence-electron chi connectivity index (χ0n) is 8.20. The van der Waals surface area contributed by atoms with E-state index in [1.807, 2.05) is 32.0 Å². The van der Waals surface area contributed by atoms with Gasteiger partial charge in [-0.2, -0.15) is 5.26 Å². The van der Waals surface area contributed by atoms with Crippen LogP contribution in [0.3, 0.4) is 0 Å².